The number of aromatic nitrogens is 1. The van der Waals surface area contributed by atoms with Gasteiger partial charge in [0.1, 0.15) is 5.82 Å². The molecule has 0 spiro atoms. The van der Waals surface area contributed by atoms with Gasteiger partial charge in [0, 0.05) is 16.3 Å². The zero-order chi connectivity index (χ0) is 13.5. The van der Waals surface area contributed by atoms with E-state index in [1.54, 1.807) is 11.3 Å². The fourth-order valence-electron chi connectivity index (χ4n) is 2.87. The molecule has 0 saturated heterocycles. The van der Waals surface area contributed by atoms with Gasteiger partial charge in [0.05, 0.1) is 11.4 Å². The third kappa shape index (κ3) is 1.89. The van der Waals surface area contributed by atoms with Crippen molar-refractivity contribution in [1.29, 1.82) is 0 Å². The molecule has 2 aromatic heterocycles. The van der Waals surface area contributed by atoms with Gasteiger partial charge in [0.25, 0.3) is 0 Å². The molecule has 1 aliphatic rings. The molecule has 0 radical (unpaired) electrons. The third-order valence-electron chi connectivity index (χ3n) is 3.84. The van der Waals surface area contributed by atoms with E-state index in [0.717, 1.165) is 12.2 Å². The first-order valence-electron chi connectivity index (χ1n) is 6.63. The van der Waals surface area contributed by atoms with Gasteiger partial charge in [-0.15, -0.1) is 22.9 Å². The summed E-state index contributed by atoms with van der Waals surface area (Å²) in [5.74, 6) is 0.927. The number of anilines is 1. The van der Waals surface area contributed by atoms with E-state index < -0.39 is 0 Å². The van der Waals surface area contributed by atoms with Gasteiger partial charge in [0.15, 0.2) is 0 Å². The van der Waals surface area contributed by atoms with Gasteiger partial charge in [-0.2, -0.15) is 0 Å². The van der Waals surface area contributed by atoms with Crippen molar-refractivity contribution in [3.63, 3.8) is 0 Å². The van der Waals surface area contributed by atoms with Crippen LogP contribution in [-0.4, -0.2) is 10.4 Å². The number of benzene rings is 1. The number of pyridine rings is 1. The van der Waals surface area contributed by atoms with Gasteiger partial charge in [-0.3, -0.25) is 0 Å². The number of hydrogen-bond donors (Lipinski definition) is 1. The average molecular weight is 301 g/mol. The molecule has 2 atom stereocenters. The molecule has 1 aromatic carbocycles. The van der Waals surface area contributed by atoms with Crippen LogP contribution in [0.5, 0.6) is 0 Å². The summed E-state index contributed by atoms with van der Waals surface area (Å²) in [6, 6.07) is 12.7. The van der Waals surface area contributed by atoms with Crippen LogP contribution in [0.1, 0.15) is 17.2 Å². The number of fused-ring (bicyclic) bond motifs is 2. The molecule has 2 nitrogen and oxygen atoms in total. The Hall–Kier alpha value is -1.58. The van der Waals surface area contributed by atoms with E-state index in [1.807, 2.05) is 12.3 Å². The van der Waals surface area contributed by atoms with E-state index in [-0.39, 0.29) is 11.4 Å². The second kappa shape index (κ2) is 4.76. The highest BCUT2D eigenvalue weighted by molar-refractivity contribution is 7.17. The molecule has 1 aliphatic carbocycles. The van der Waals surface area contributed by atoms with Crippen molar-refractivity contribution in [2.75, 3.05) is 5.32 Å². The minimum Gasteiger partial charge on any atom is -0.361 e. The van der Waals surface area contributed by atoms with Crippen LogP contribution in [0.3, 0.4) is 0 Å². The molecule has 20 heavy (non-hydrogen) atoms. The lowest BCUT2D eigenvalue weighted by molar-refractivity contribution is 0.768. The zero-order valence-electron chi connectivity index (χ0n) is 10.7. The largest absolute Gasteiger partial charge is 0.361 e. The summed E-state index contributed by atoms with van der Waals surface area (Å²) in [5.41, 5.74) is 2.63. The predicted molar refractivity (Wildman–Crippen MR) is 85.8 cm³/mol. The second-order valence-electron chi connectivity index (χ2n) is 5.03. The third-order valence-corrected chi connectivity index (χ3v) is 5.13. The SMILES string of the molecule is ClC1Cc2ccccc2C1Nc1nccc2sccc12. The number of rotatable bonds is 2. The van der Waals surface area contributed by atoms with Crippen molar-refractivity contribution >= 4 is 38.8 Å². The topological polar surface area (TPSA) is 24.9 Å². The Labute approximate surface area is 126 Å². The minimum atomic E-state index is 0.0723. The van der Waals surface area contributed by atoms with Crippen LogP contribution in [0, 0.1) is 0 Å². The van der Waals surface area contributed by atoms with Crippen molar-refractivity contribution < 1.29 is 0 Å². The monoisotopic (exact) mass is 300 g/mol. The van der Waals surface area contributed by atoms with E-state index in [0.29, 0.717) is 0 Å². The summed E-state index contributed by atoms with van der Waals surface area (Å²) in [6.07, 6.45) is 2.76. The lowest BCUT2D eigenvalue weighted by Gasteiger charge is -2.18. The van der Waals surface area contributed by atoms with Crippen molar-refractivity contribution in [3.8, 4) is 0 Å². The highest BCUT2D eigenvalue weighted by Gasteiger charge is 2.31. The van der Waals surface area contributed by atoms with Gasteiger partial charge in [-0.1, -0.05) is 24.3 Å². The number of alkyl halides is 1. The van der Waals surface area contributed by atoms with Gasteiger partial charge < -0.3 is 5.32 Å². The molecule has 0 amide bonds. The van der Waals surface area contributed by atoms with Gasteiger partial charge in [-0.05, 0) is 35.1 Å². The van der Waals surface area contributed by atoms with Gasteiger partial charge >= 0.3 is 0 Å². The van der Waals surface area contributed by atoms with Crippen molar-refractivity contribution in [2.24, 2.45) is 0 Å². The highest BCUT2D eigenvalue weighted by Crippen LogP contribution is 2.38. The zero-order valence-corrected chi connectivity index (χ0v) is 12.3. The maximum absolute atomic E-state index is 6.53. The molecule has 0 fully saturated rings. The second-order valence-corrected chi connectivity index (χ2v) is 6.54. The van der Waals surface area contributed by atoms with Gasteiger partial charge in [0.2, 0.25) is 0 Å². The highest BCUT2D eigenvalue weighted by atomic mass is 35.5. The number of hydrogen-bond acceptors (Lipinski definition) is 3. The predicted octanol–water partition coefficient (Wildman–Crippen LogP) is 4.61. The molecule has 0 aliphatic heterocycles. The first-order chi connectivity index (χ1) is 9.83. The maximum Gasteiger partial charge on any atom is 0.135 e. The van der Waals surface area contributed by atoms with Crippen LogP contribution in [0.2, 0.25) is 0 Å². The number of halogens is 1. The molecular weight excluding hydrogens is 288 g/mol. The molecule has 0 saturated carbocycles. The molecular formula is C16H13ClN2S. The summed E-state index contributed by atoms with van der Waals surface area (Å²) in [4.78, 5) is 4.49. The molecule has 4 rings (SSSR count). The number of nitrogens with one attached hydrogen (secondary N) is 1. The van der Waals surface area contributed by atoms with Crippen LogP contribution >= 0.6 is 22.9 Å². The van der Waals surface area contributed by atoms with E-state index >= 15 is 0 Å². The fraction of sp³-hybridized carbons (Fsp3) is 0.188. The van der Waals surface area contributed by atoms with E-state index in [1.165, 1.54) is 21.2 Å². The minimum absolute atomic E-state index is 0.0723. The quantitative estimate of drug-likeness (QED) is 0.699. The molecule has 2 unspecified atom stereocenters. The first kappa shape index (κ1) is 12.2. The van der Waals surface area contributed by atoms with E-state index in [4.69, 9.17) is 11.6 Å². The smallest absolute Gasteiger partial charge is 0.135 e. The first-order valence-corrected chi connectivity index (χ1v) is 7.95. The Kier molecular flexibility index (Phi) is 2.90. The summed E-state index contributed by atoms with van der Waals surface area (Å²) in [5, 5.41) is 6.88. The fourth-order valence-corrected chi connectivity index (χ4v) is 4.02. The lowest BCUT2D eigenvalue weighted by Crippen LogP contribution is -2.17. The number of thiophene rings is 1. The molecule has 4 heteroatoms. The maximum atomic E-state index is 6.53. The molecule has 2 heterocycles. The molecule has 1 N–H and O–H groups in total. The Bertz CT molecular complexity index is 768. The Morgan fingerprint density at radius 2 is 2.10 bits per heavy atom. The van der Waals surface area contributed by atoms with E-state index in [2.05, 4.69) is 46.0 Å². The Morgan fingerprint density at radius 3 is 3.05 bits per heavy atom. The number of nitrogens with zero attached hydrogens (tertiary/aromatic N) is 1. The Morgan fingerprint density at radius 1 is 1.20 bits per heavy atom. The summed E-state index contributed by atoms with van der Waals surface area (Å²) in [7, 11) is 0. The molecule has 100 valence electrons. The lowest BCUT2D eigenvalue weighted by atomic mass is 10.1. The summed E-state index contributed by atoms with van der Waals surface area (Å²) < 4.78 is 1.25. The Balaban J connectivity index is 1.74. The van der Waals surface area contributed by atoms with Crippen molar-refractivity contribution in [1.82, 2.24) is 4.98 Å². The summed E-state index contributed by atoms with van der Waals surface area (Å²) >= 11 is 8.26. The van der Waals surface area contributed by atoms with E-state index in [9.17, 15) is 0 Å². The van der Waals surface area contributed by atoms with Gasteiger partial charge in [-0.25, -0.2) is 4.98 Å². The normalized spacial score (nSPS) is 21.1. The average Bonchev–Trinajstić information content (AvgIpc) is 3.05. The summed E-state index contributed by atoms with van der Waals surface area (Å²) in [6.45, 7) is 0. The molecule has 0 bridgehead atoms. The van der Waals surface area contributed by atoms with Crippen LogP contribution in [-0.2, 0) is 6.42 Å². The van der Waals surface area contributed by atoms with Crippen LogP contribution in [0.4, 0.5) is 5.82 Å². The van der Waals surface area contributed by atoms with Crippen LogP contribution in [0.15, 0.2) is 48.0 Å². The standard InChI is InChI=1S/C16H13ClN2S/c17-13-9-10-3-1-2-4-11(10)15(13)19-16-12-6-8-20-14(12)5-7-18-16/h1-8,13,15H,9H2,(H,18,19). The molecule has 3 aromatic rings. The van der Waals surface area contributed by atoms with Crippen LogP contribution < -0.4 is 5.32 Å². The van der Waals surface area contributed by atoms with Crippen molar-refractivity contribution in [3.05, 3.63) is 59.1 Å². The van der Waals surface area contributed by atoms with Crippen molar-refractivity contribution in [2.45, 2.75) is 17.8 Å². The van der Waals surface area contributed by atoms with Crippen LogP contribution in [0.25, 0.3) is 10.1 Å².